The first kappa shape index (κ1) is 16.2. The van der Waals surface area contributed by atoms with Crippen LogP contribution in [0.25, 0.3) is 0 Å². The number of nitrogens with one attached hydrogen (secondary N) is 1. The zero-order valence-corrected chi connectivity index (χ0v) is 12.3. The monoisotopic (exact) mass is 300 g/mol. The molecule has 0 unspecified atom stereocenters. The maximum Gasteiger partial charge on any atom is 0.408 e. The van der Waals surface area contributed by atoms with Crippen molar-refractivity contribution in [2.45, 2.75) is 38.8 Å². The van der Waals surface area contributed by atoms with Gasteiger partial charge in [0.25, 0.3) is 0 Å². The molecule has 1 heterocycles. The van der Waals surface area contributed by atoms with Gasteiger partial charge in [-0.1, -0.05) is 17.7 Å². The summed E-state index contributed by atoms with van der Waals surface area (Å²) in [6, 6.07) is 2.41. The lowest BCUT2D eigenvalue weighted by Gasteiger charge is -2.23. The Morgan fingerprint density at radius 3 is 2.55 bits per heavy atom. The highest BCUT2D eigenvalue weighted by Gasteiger charge is 2.22. The standard InChI is InChI=1S/C13H17ClN2O4/c1-13(2,3)20-12(19)16-9(6-11(17)18)8-4-5-10(14)15-7-8/h4-5,7,9H,6H2,1-3H3,(H,16,19)(H,17,18)/t9-/m1/s1. The average Bonchev–Trinajstić information content (AvgIpc) is 2.25. The molecule has 0 saturated carbocycles. The second-order valence-corrected chi connectivity index (χ2v) is 5.60. The van der Waals surface area contributed by atoms with Crippen LogP contribution in [0, 0.1) is 0 Å². The van der Waals surface area contributed by atoms with E-state index in [1.165, 1.54) is 12.3 Å². The third-order valence-corrected chi connectivity index (χ3v) is 2.45. The number of amides is 1. The molecule has 0 aromatic carbocycles. The van der Waals surface area contributed by atoms with E-state index in [4.69, 9.17) is 21.4 Å². The van der Waals surface area contributed by atoms with Crippen molar-refractivity contribution < 1.29 is 19.4 Å². The molecule has 1 aromatic rings. The number of carbonyl (C=O) groups is 2. The first-order valence-corrected chi connectivity index (χ1v) is 6.38. The van der Waals surface area contributed by atoms with Crippen LogP contribution in [0.4, 0.5) is 4.79 Å². The van der Waals surface area contributed by atoms with Crippen LogP contribution in [-0.2, 0) is 9.53 Å². The van der Waals surface area contributed by atoms with Gasteiger partial charge in [-0.05, 0) is 32.4 Å². The van der Waals surface area contributed by atoms with Crippen LogP contribution in [0.5, 0.6) is 0 Å². The molecule has 7 heteroatoms. The van der Waals surface area contributed by atoms with Crippen molar-refractivity contribution in [1.29, 1.82) is 0 Å². The minimum absolute atomic E-state index is 0.275. The van der Waals surface area contributed by atoms with Gasteiger partial charge in [0.1, 0.15) is 10.8 Å². The highest BCUT2D eigenvalue weighted by molar-refractivity contribution is 6.29. The first-order chi connectivity index (χ1) is 9.17. The van der Waals surface area contributed by atoms with E-state index < -0.39 is 23.7 Å². The van der Waals surface area contributed by atoms with Crippen LogP contribution in [0.1, 0.15) is 38.8 Å². The zero-order valence-electron chi connectivity index (χ0n) is 11.5. The Kier molecular flexibility index (Phi) is 5.33. The lowest BCUT2D eigenvalue weighted by atomic mass is 10.1. The van der Waals surface area contributed by atoms with Gasteiger partial charge >= 0.3 is 12.1 Å². The van der Waals surface area contributed by atoms with Crippen molar-refractivity contribution in [1.82, 2.24) is 10.3 Å². The predicted molar refractivity (Wildman–Crippen MR) is 73.6 cm³/mol. The van der Waals surface area contributed by atoms with Gasteiger partial charge in [-0.2, -0.15) is 0 Å². The van der Waals surface area contributed by atoms with Crippen LogP contribution >= 0.6 is 11.6 Å². The Bertz CT molecular complexity index is 482. The summed E-state index contributed by atoms with van der Waals surface area (Å²) in [6.45, 7) is 5.17. The maximum atomic E-state index is 11.7. The van der Waals surface area contributed by atoms with Crippen molar-refractivity contribution in [2.24, 2.45) is 0 Å². The predicted octanol–water partition coefficient (Wildman–Crippen LogP) is 2.78. The smallest absolute Gasteiger partial charge is 0.408 e. The molecule has 0 saturated heterocycles. The number of alkyl carbamates (subject to hydrolysis) is 1. The third-order valence-electron chi connectivity index (χ3n) is 2.22. The summed E-state index contributed by atoms with van der Waals surface area (Å²) in [6.07, 6.45) is 0.467. The molecule has 20 heavy (non-hydrogen) atoms. The Labute approximate surface area is 122 Å². The summed E-state index contributed by atoms with van der Waals surface area (Å²) in [5, 5.41) is 11.7. The van der Waals surface area contributed by atoms with E-state index in [-0.39, 0.29) is 6.42 Å². The Hall–Kier alpha value is -1.82. The molecule has 1 aromatic heterocycles. The Morgan fingerprint density at radius 1 is 1.45 bits per heavy atom. The first-order valence-electron chi connectivity index (χ1n) is 6.00. The summed E-state index contributed by atoms with van der Waals surface area (Å²) in [4.78, 5) is 26.5. The molecule has 1 atom stereocenters. The van der Waals surface area contributed by atoms with Crippen LogP contribution in [0.15, 0.2) is 18.3 Å². The summed E-state index contributed by atoms with van der Waals surface area (Å²) in [5.74, 6) is -1.04. The molecule has 1 rings (SSSR count). The van der Waals surface area contributed by atoms with E-state index in [0.717, 1.165) is 0 Å². The number of hydrogen-bond donors (Lipinski definition) is 2. The van der Waals surface area contributed by atoms with Gasteiger partial charge in [0.15, 0.2) is 0 Å². The SMILES string of the molecule is CC(C)(C)OC(=O)N[C@H](CC(=O)O)c1ccc(Cl)nc1. The molecular formula is C13H17ClN2O4. The molecule has 6 nitrogen and oxygen atoms in total. The molecule has 0 aliphatic rings. The minimum Gasteiger partial charge on any atom is -0.481 e. The number of carboxylic acids is 1. The second-order valence-electron chi connectivity index (χ2n) is 5.21. The normalized spacial score (nSPS) is 12.6. The molecular weight excluding hydrogens is 284 g/mol. The number of halogens is 1. The van der Waals surface area contributed by atoms with Crippen LogP contribution in [-0.4, -0.2) is 27.8 Å². The van der Waals surface area contributed by atoms with Gasteiger partial charge in [0, 0.05) is 6.20 Å². The second kappa shape index (κ2) is 6.56. The largest absolute Gasteiger partial charge is 0.481 e. The van der Waals surface area contributed by atoms with E-state index in [0.29, 0.717) is 10.7 Å². The van der Waals surface area contributed by atoms with Crippen LogP contribution in [0.3, 0.4) is 0 Å². The van der Waals surface area contributed by atoms with Crippen LogP contribution in [0.2, 0.25) is 5.15 Å². The van der Waals surface area contributed by atoms with Crippen molar-refractivity contribution >= 4 is 23.7 Å². The molecule has 0 aliphatic heterocycles. The number of nitrogens with zero attached hydrogens (tertiary/aromatic N) is 1. The van der Waals surface area contributed by atoms with Gasteiger partial charge in [-0.15, -0.1) is 0 Å². The van der Waals surface area contributed by atoms with Gasteiger partial charge in [-0.3, -0.25) is 4.79 Å². The summed E-state index contributed by atoms with van der Waals surface area (Å²) in [7, 11) is 0. The number of rotatable bonds is 4. The topological polar surface area (TPSA) is 88.5 Å². The van der Waals surface area contributed by atoms with Crippen molar-refractivity contribution in [2.75, 3.05) is 0 Å². The fourth-order valence-electron chi connectivity index (χ4n) is 1.47. The number of pyridine rings is 1. The summed E-state index contributed by atoms with van der Waals surface area (Å²) in [5.41, 5.74) is -0.113. The molecule has 110 valence electrons. The summed E-state index contributed by atoms with van der Waals surface area (Å²) < 4.78 is 5.11. The fraction of sp³-hybridized carbons (Fsp3) is 0.462. The summed E-state index contributed by atoms with van der Waals surface area (Å²) >= 11 is 5.68. The average molecular weight is 301 g/mol. The number of carboxylic acid groups (broad SMARTS) is 1. The highest BCUT2D eigenvalue weighted by atomic mass is 35.5. The Balaban J connectivity index is 2.82. The van der Waals surface area contributed by atoms with Gasteiger partial charge < -0.3 is 15.2 Å². The van der Waals surface area contributed by atoms with Gasteiger partial charge in [0.05, 0.1) is 12.5 Å². The molecule has 0 bridgehead atoms. The molecule has 0 spiro atoms. The minimum atomic E-state index is -1.04. The number of ether oxygens (including phenoxy) is 1. The van der Waals surface area contributed by atoms with E-state index in [9.17, 15) is 9.59 Å². The van der Waals surface area contributed by atoms with E-state index >= 15 is 0 Å². The number of aromatic nitrogens is 1. The van der Waals surface area contributed by atoms with Gasteiger partial charge in [0.2, 0.25) is 0 Å². The lowest BCUT2D eigenvalue weighted by molar-refractivity contribution is -0.137. The van der Waals surface area contributed by atoms with Crippen molar-refractivity contribution in [3.05, 3.63) is 29.0 Å². The Morgan fingerprint density at radius 2 is 2.10 bits per heavy atom. The molecule has 2 N–H and O–H groups in total. The lowest BCUT2D eigenvalue weighted by Crippen LogP contribution is -2.35. The van der Waals surface area contributed by atoms with Crippen molar-refractivity contribution in [3.8, 4) is 0 Å². The molecule has 0 radical (unpaired) electrons. The quantitative estimate of drug-likeness (QED) is 0.835. The zero-order chi connectivity index (χ0) is 15.3. The number of hydrogen-bond acceptors (Lipinski definition) is 4. The fourth-order valence-corrected chi connectivity index (χ4v) is 1.58. The third kappa shape index (κ3) is 5.88. The number of aliphatic carboxylic acids is 1. The van der Waals surface area contributed by atoms with Crippen LogP contribution < -0.4 is 5.32 Å². The van der Waals surface area contributed by atoms with E-state index in [2.05, 4.69) is 10.3 Å². The van der Waals surface area contributed by atoms with E-state index in [1.54, 1.807) is 26.8 Å². The molecule has 0 aliphatic carbocycles. The number of carbonyl (C=O) groups excluding carboxylic acids is 1. The molecule has 0 fully saturated rings. The van der Waals surface area contributed by atoms with Crippen molar-refractivity contribution in [3.63, 3.8) is 0 Å². The van der Waals surface area contributed by atoms with E-state index in [1.807, 2.05) is 0 Å². The van der Waals surface area contributed by atoms with Gasteiger partial charge in [-0.25, -0.2) is 9.78 Å². The maximum absolute atomic E-state index is 11.7. The highest BCUT2D eigenvalue weighted by Crippen LogP contribution is 2.18. The molecule has 1 amide bonds.